The quantitative estimate of drug-likeness (QED) is 0.387. The lowest BCUT2D eigenvalue weighted by Crippen LogP contribution is -1.79. The van der Waals surface area contributed by atoms with Crippen LogP contribution in [0.2, 0.25) is 0 Å². The second kappa shape index (κ2) is 10.6. The molecular weight excluding hydrogens is 212 g/mol. The van der Waals surface area contributed by atoms with Crippen molar-refractivity contribution in [3.8, 4) is 0 Å². The van der Waals surface area contributed by atoms with Gasteiger partial charge in [0.15, 0.2) is 0 Å². The Morgan fingerprint density at radius 1 is 1.31 bits per heavy atom. The lowest BCUT2D eigenvalue weighted by molar-refractivity contribution is 1.04. The third-order valence-corrected chi connectivity index (χ3v) is 3.21. The Hall–Kier alpha value is -0.950. The molecule has 0 aliphatic heterocycles. The van der Waals surface area contributed by atoms with Gasteiger partial charge in [-0.15, -0.1) is 6.58 Å². The fraction of sp³-hybridized carbons (Fsp3) is 0.333. The molecule has 0 rings (SSSR count). The fourth-order valence-electron chi connectivity index (χ4n) is 1.16. The number of hydrogen-bond acceptors (Lipinski definition) is 1. The van der Waals surface area contributed by atoms with Gasteiger partial charge in [0.25, 0.3) is 0 Å². The molecule has 0 aromatic carbocycles. The molecule has 0 saturated carbocycles. The van der Waals surface area contributed by atoms with Crippen LogP contribution in [0.3, 0.4) is 0 Å². The minimum Gasteiger partial charge on any atom is -0.103 e. The highest BCUT2D eigenvalue weighted by Crippen LogP contribution is 2.30. The van der Waals surface area contributed by atoms with Gasteiger partial charge >= 0.3 is 0 Å². The van der Waals surface area contributed by atoms with Crippen molar-refractivity contribution in [2.24, 2.45) is 0 Å². The molecule has 0 atom stereocenters. The maximum absolute atomic E-state index is 3.75. The average molecular weight is 234 g/mol. The molecule has 0 radical (unpaired) electrons. The molecule has 0 aromatic rings. The molecule has 0 heterocycles. The highest BCUT2D eigenvalue weighted by molar-refractivity contribution is 8.06. The van der Waals surface area contributed by atoms with Gasteiger partial charge in [-0.2, -0.15) is 0 Å². The molecule has 88 valence electrons. The summed E-state index contributed by atoms with van der Waals surface area (Å²) in [6, 6.07) is 0. The molecule has 0 spiro atoms. The largest absolute Gasteiger partial charge is 0.103 e. The van der Waals surface area contributed by atoms with Crippen LogP contribution >= 0.6 is 11.8 Å². The number of thioether (sulfide) groups is 1. The highest BCUT2D eigenvalue weighted by Gasteiger charge is 1.99. The van der Waals surface area contributed by atoms with Crippen LogP contribution in [0.5, 0.6) is 0 Å². The van der Waals surface area contributed by atoms with E-state index in [1.165, 1.54) is 9.81 Å². The van der Waals surface area contributed by atoms with E-state index in [0.717, 1.165) is 19.3 Å². The average Bonchev–Trinajstić information content (AvgIpc) is 2.31. The lowest BCUT2D eigenvalue weighted by Gasteiger charge is -2.06. The smallest absolute Gasteiger partial charge is 0.00784 e. The molecule has 0 aliphatic rings. The van der Waals surface area contributed by atoms with Gasteiger partial charge in [-0.25, -0.2) is 0 Å². The molecule has 0 aromatic heterocycles. The van der Waals surface area contributed by atoms with Crippen LogP contribution in [0.1, 0.15) is 33.1 Å². The van der Waals surface area contributed by atoms with E-state index in [1.807, 2.05) is 30.0 Å². The number of rotatable bonds is 8. The van der Waals surface area contributed by atoms with E-state index in [2.05, 4.69) is 45.2 Å². The van der Waals surface area contributed by atoms with E-state index in [4.69, 9.17) is 0 Å². The van der Waals surface area contributed by atoms with E-state index in [-0.39, 0.29) is 0 Å². The van der Waals surface area contributed by atoms with Gasteiger partial charge in [0, 0.05) is 4.91 Å². The summed E-state index contributed by atoms with van der Waals surface area (Å²) in [4.78, 5) is 2.69. The van der Waals surface area contributed by atoms with Crippen molar-refractivity contribution in [1.29, 1.82) is 0 Å². The molecule has 0 amide bonds. The summed E-state index contributed by atoms with van der Waals surface area (Å²) in [6.07, 6.45) is 15.5. The molecule has 1 heteroatoms. The van der Waals surface area contributed by atoms with Gasteiger partial charge in [0.2, 0.25) is 0 Å². The molecule has 0 aliphatic carbocycles. The topological polar surface area (TPSA) is 0 Å². The molecule has 16 heavy (non-hydrogen) atoms. The Bertz CT molecular complexity index is 293. The molecule has 0 fully saturated rings. The Balaban J connectivity index is 4.47. The summed E-state index contributed by atoms with van der Waals surface area (Å²) in [6.45, 7) is 11.7. The standard InChI is InChI=1S/C15H22S/c1-5-9-12-14(8-4)16-15(11-7-3)13-10-6-2/h5-6,8,10-11,13H,1-2,7,9,12H2,3-4H3/b13-10-,14-8+,15-11+. The summed E-state index contributed by atoms with van der Waals surface area (Å²) in [5.74, 6) is 0. The maximum atomic E-state index is 3.75. The zero-order chi connectivity index (χ0) is 12.2. The van der Waals surface area contributed by atoms with Crippen LogP contribution in [0.25, 0.3) is 0 Å². The zero-order valence-corrected chi connectivity index (χ0v) is 11.2. The first kappa shape index (κ1) is 15.0. The van der Waals surface area contributed by atoms with E-state index < -0.39 is 0 Å². The van der Waals surface area contributed by atoms with Crippen LogP contribution in [-0.2, 0) is 0 Å². The number of allylic oxidation sites excluding steroid dienone is 7. The summed E-state index contributed by atoms with van der Waals surface area (Å²) >= 11 is 1.83. The first-order valence-electron chi connectivity index (χ1n) is 5.71. The van der Waals surface area contributed by atoms with Crippen molar-refractivity contribution in [3.63, 3.8) is 0 Å². The second-order valence-corrected chi connectivity index (χ2v) is 4.49. The van der Waals surface area contributed by atoms with Gasteiger partial charge in [0.1, 0.15) is 0 Å². The van der Waals surface area contributed by atoms with Crippen molar-refractivity contribution in [3.05, 3.63) is 59.4 Å². The Morgan fingerprint density at radius 2 is 2.06 bits per heavy atom. The normalized spacial score (nSPS) is 13.1. The molecule has 0 unspecified atom stereocenters. The van der Waals surface area contributed by atoms with Crippen molar-refractivity contribution in [2.45, 2.75) is 33.1 Å². The Labute approximate surface area is 105 Å². The highest BCUT2D eigenvalue weighted by atomic mass is 32.2. The van der Waals surface area contributed by atoms with Crippen LogP contribution in [0.15, 0.2) is 59.4 Å². The van der Waals surface area contributed by atoms with Crippen molar-refractivity contribution in [2.75, 3.05) is 0 Å². The third kappa shape index (κ3) is 7.36. The minimum absolute atomic E-state index is 1.04. The first-order valence-corrected chi connectivity index (χ1v) is 6.53. The molecule has 0 saturated heterocycles. The monoisotopic (exact) mass is 234 g/mol. The van der Waals surface area contributed by atoms with Crippen molar-refractivity contribution in [1.82, 2.24) is 0 Å². The second-order valence-electron chi connectivity index (χ2n) is 3.29. The van der Waals surface area contributed by atoms with E-state index in [0.29, 0.717) is 0 Å². The van der Waals surface area contributed by atoms with E-state index >= 15 is 0 Å². The Morgan fingerprint density at radius 3 is 2.56 bits per heavy atom. The van der Waals surface area contributed by atoms with E-state index in [9.17, 15) is 0 Å². The van der Waals surface area contributed by atoms with Gasteiger partial charge in [-0.1, -0.05) is 55.6 Å². The summed E-state index contributed by atoms with van der Waals surface area (Å²) in [5.41, 5.74) is 0. The van der Waals surface area contributed by atoms with Gasteiger partial charge in [0.05, 0.1) is 0 Å². The predicted octanol–water partition coefficient (Wildman–Crippen LogP) is 5.63. The van der Waals surface area contributed by atoms with Crippen molar-refractivity contribution >= 4 is 11.8 Å². The van der Waals surface area contributed by atoms with Crippen LogP contribution in [-0.4, -0.2) is 0 Å². The Kier molecular flexibility index (Phi) is 9.94. The number of hydrogen-bond donors (Lipinski definition) is 0. The molecule has 0 bridgehead atoms. The fourth-order valence-corrected chi connectivity index (χ4v) is 2.19. The van der Waals surface area contributed by atoms with Crippen LogP contribution < -0.4 is 0 Å². The molecule has 0 nitrogen and oxygen atoms in total. The maximum Gasteiger partial charge on any atom is 0.00784 e. The van der Waals surface area contributed by atoms with E-state index in [1.54, 1.807) is 0 Å². The van der Waals surface area contributed by atoms with Crippen LogP contribution in [0, 0.1) is 0 Å². The first-order chi connectivity index (χ1) is 7.78. The van der Waals surface area contributed by atoms with Crippen LogP contribution in [0.4, 0.5) is 0 Å². The summed E-state index contributed by atoms with van der Waals surface area (Å²) in [5, 5.41) is 0. The zero-order valence-electron chi connectivity index (χ0n) is 10.4. The summed E-state index contributed by atoms with van der Waals surface area (Å²) in [7, 11) is 0. The lowest BCUT2D eigenvalue weighted by atomic mass is 10.3. The predicted molar refractivity (Wildman–Crippen MR) is 78.5 cm³/mol. The van der Waals surface area contributed by atoms with Gasteiger partial charge in [-0.05, 0) is 37.2 Å². The molecular formula is C15H22S. The van der Waals surface area contributed by atoms with Crippen molar-refractivity contribution < 1.29 is 0 Å². The third-order valence-electron chi connectivity index (χ3n) is 1.97. The summed E-state index contributed by atoms with van der Waals surface area (Å²) < 4.78 is 0. The van der Waals surface area contributed by atoms with Gasteiger partial charge in [-0.3, -0.25) is 0 Å². The SMILES string of the molecule is C=C/C=C\C(=C/CC)S/C(=C/C)CCC=C. The minimum atomic E-state index is 1.04. The van der Waals surface area contributed by atoms with Gasteiger partial charge < -0.3 is 0 Å². The molecule has 0 N–H and O–H groups in total.